The predicted molar refractivity (Wildman–Crippen MR) is 186 cm³/mol. The maximum atomic E-state index is 5.41. The topological polar surface area (TPSA) is 45.2 Å². The van der Waals surface area contributed by atoms with Gasteiger partial charge in [-0.05, 0) is 71.9 Å². The fourth-order valence-corrected chi connectivity index (χ4v) is 7.60. The van der Waals surface area contributed by atoms with Crippen LogP contribution in [0.5, 0.6) is 0 Å². The van der Waals surface area contributed by atoms with Crippen molar-refractivity contribution in [3.63, 3.8) is 0 Å². The van der Waals surface area contributed by atoms with Crippen LogP contribution in [0.1, 0.15) is 65.3 Å². The number of rotatable bonds is 4. The first-order chi connectivity index (χ1) is 22.8. The highest BCUT2D eigenvalue weighted by Crippen LogP contribution is 2.60. The van der Waals surface area contributed by atoms with E-state index in [9.17, 15) is 0 Å². The molecule has 46 heavy (non-hydrogen) atoms. The van der Waals surface area contributed by atoms with Crippen molar-refractivity contribution >= 4 is 34.1 Å². The van der Waals surface area contributed by atoms with Gasteiger partial charge in [-0.15, -0.1) is 0 Å². The fourth-order valence-electron chi connectivity index (χ4n) is 7.60. The van der Waals surface area contributed by atoms with Gasteiger partial charge >= 0.3 is 0 Å². The molecule has 5 heteroatoms. The summed E-state index contributed by atoms with van der Waals surface area (Å²) in [4.78, 5) is 20.1. The Balaban J connectivity index is 1.31. The fraction of sp³-hybridized carbons (Fsp3) is 0.146. The number of fused-ring (bicyclic) bond motifs is 7. The van der Waals surface area contributed by atoms with Gasteiger partial charge in [-0.3, -0.25) is 4.98 Å². The highest BCUT2D eigenvalue weighted by molar-refractivity contribution is 5.87. The number of hydrogen-bond acceptors (Lipinski definition) is 5. The third-order valence-electron chi connectivity index (χ3n) is 9.62. The Labute approximate surface area is 269 Å². The molecule has 2 aliphatic heterocycles. The van der Waals surface area contributed by atoms with Crippen molar-refractivity contribution in [2.45, 2.75) is 37.1 Å². The van der Waals surface area contributed by atoms with Crippen molar-refractivity contribution in [2.24, 2.45) is 0 Å². The molecule has 0 amide bonds. The summed E-state index contributed by atoms with van der Waals surface area (Å²) < 4.78 is 0. The van der Waals surface area contributed by atoms with Crippen LogP contribution in [0.2, 0.25) is 0 Å². The molecule has 5 nitrogen and oxygen atoms in total. The Bertz CT molecular complexity index is 2070. The number of pyridine rings is 1. The number of hydrogen-bond donors (Lipinski definition) is 0. The van der Waals surface area contributed by atoms with E-state index in [1.165, 1.54) is 28.0 Å². The molecule has 3 unspecified atom stereocenters. The van der Waals surface area contributed by atoms with E-state index in [2.05, 4.69) is 148 Å². The van der Waals surface area contributed by atoms with Crippen LogP contribution < -0.4 is 9.80 Å². The minimum absolute atomic E-state index is 0.0308. The molecule has 4 heterocycles. The van der Waals surface area contributed by atoms with Crippen LogP contribution in [0.15, 0.2) is 146 Å². The summed E-state index contributed by atoms with van der Waals surface area (Å²) in [7, 11) is 0. The van der Waals surface area contributed by atoms with Crippen LogP contribution in [-0.4, -0.2) is 15.0 Å². The van der Waals surface area contributed by atoms with Crippen molar-refractivity contribution in [1.29, 1.82) is 0 Å². The zero-order valence-electron chi connectivity index (χ0n) is 25.4. The highest BCUT2D eigenvalue weighted by atomic mass is 15.3. The van der Waals surface area contributed by atoms with Crippen molar-refractivity contribution in [3.05, 3.63) is 174 Å². The van der Waals surface area contributed by atoms with Gasteiger partial charge in [0.1, 0.15) is 11.6 Å². The SMILES string of the molecule is C1=CCC(c2nc(C3=CCCC=C3)cc(N3c4ccccc4C4c5ccncc5N(c5ccccc5)c5ccccc5C43)n2)C=C1. The van der Waals surface area contributed by atoms with Crippen LogP contribution >= 0.6 is 0 Å². The van der Waals surface area contributed by atoms with Gasteiger partial charge in [-0.25, -0.2) is 9.97 Å². The van der Waals surface area contributed by atoms with Crippen molar-refractivity contribution in [2.75, 3.05) is 9.80 Å². The molecular weight excluding hydrogens is 562 g/mol. The van der Waals surface area contributed by atoms with E-state index < -0.39 is 0 Å². The van der Waals surface area contributed by atoms with Gasteiger partial charge in [-0.1, -0.05) is 97.1 Å². The van der Waals surface area contributed by atoms with Crippen LogP contribution in [0.25, 0.3) is 5.57 Å². The molecule has 2 aliphatic carbocycles. The quantitative estimate of drug-likeness (QED) is 0.207. The van der Waals surface area contributed by atoms with Gasteiger partial charge in [0.05, 0.1) is 29.3 Å². The highest BCUT2D eigenvalue weighted by Gasteiger charge is 2.46. The van der Waals surface area contributed by atoms with Gasteiger partial charge < -0.3 is 9.80 Å². The third-order valence-corrected chi connectivity index (χ3v) is 9.62. The molecule has 0 radical (unpaired) electrons. The summed E-state index contributed by atoms with van der Waals surface area (Å²) in [6.45, 7) is 0. The molecule has 0 saturated heterocycles. The standard InChI is InChI=1S/C41H33N5/c1-4-14-28(15-5-1)34-26-38(44-41(43-34)29-16-6-2-7-17-29)46-35-22-12-10-20-31(35)39-32-24-25-42-27-37(32)45(30-18-8-3-9-19-30)36-23-13-11-21-33(36)40(39)46/h2-4,6-16,18-27,29,39-40H,1,5,17H2. The average molecular weight is 596 g/mol. The number of nitrogens with zero attached hydrogens (tertiary/aromatic N) is 5. The maximum Gasteiger partial charge on any atom is 0.138 e. The molecule has 2 aromatic heterocycles. The zero-order chi connectivity index (χ0) is 30.5. The Morgan fingerprint density at radius 1 is 0.696 bits per heavy atom. The summed E-state index contributed by atoms with van der Waals surface area (Å²) in [5.41, 5.74) is 10.5. The minimum Gasteiger partial charge on any atom is -0.317 e. The van der Waals surface area contributed by atoms with E-state index in [1.54, 1.807) is 0 Å². The van der Waals surface area contributed by atoms with Crippen LogP contribution in [0.3, 0.4) is 0 Å². The molecule has 3 atom stereocenters. The summed E-state index contributed by atoms with van der Waals surface area (Å²) in [5, 5.41) is 0. The molecule has 9 rings (SSSR count). The van der Waals surface area contributed by atoms with Crippen LogP contribution in [0.4, 0.5) is 28.6 Å². The Kier molecular flexibility index (Phi) is 6.48. The van der Waals surface area contributed by atoms with E-state index in [0.29, 0.717) is 0 Å². The van der Waals surface area contributed by atoms with Gasteiger partial charge in [0.2, 0.25) is 0 Å². The van der Waals surface area contributed by atoms with E-state index in [4.69, 9.17) is 9.97 Å². The largest absolute Gasteiger partial charge is 0.317 e. The normalized spacial score (nSPS) is 20.8. The number of allylic oxidation sites excluding steroid dienone is 8. The second kappa shape index (κ2) is 11.1. The van der Waals surface area contributed by atoms with Gasteiger partial charge in [0, 0.05) is 35.5 Å². The maximum absolute atomic E-state index is 5.41. The zero-order valence-corrected chi connectivity index (χ0v) is 25.4. The Morgan fingerprint density at radius 2 is 1.50 bits per heavy atom. The van der Waals surface area contributed by atoms with E-state index in [1.807, 2.05) is 12.4 Å². The first-order valence-electron chi connectivity index (χ1n) is 16.2. The number of aromatic nitrogens is 3. The molecule has 4 aliphatic rings. The van der Waals surface area contributed by atoms with Crippen molar-refractivity contribution in [3.8, 4) is 0 Å². The third kappa shape index (κ3) is 4.34. The van der Waals surface area contributed by atoms with Gasteiger partial charge in [0.25, 0.3) is 0 Å². The van der Waals surface area contributed by atoms with Gasteiger partial charge in [-0.2, -0.15) is 0 Å². The molecule has 0 fully saturated rings. The molecule has 0 N–H and O–H groups in total. The Hall–Kier alpha value is -5.55. The average Bonchev–Trinajstić information content (AvgIpc) is 3.42. The second-order valence-corrected chi connectivity index (χ2v) is 12.3. The number of benzene rings is 3. The van der Waals surface area contributed by atoms with Crippen molar-refractivity contribution in [1.82, 2.24) is 15.0 Å². The summed E-state index contributed by atoms with van der Waals surface area (Å²) in [6.07, 6.45) is 22.4. The van der Waals surface area contributed by atoms with E-state index in [0.717, 1.165) is 53.7 Å². The number of anilines is 5. The van der Waals surface area contributed by atoms with E-state index in [-0.39, 0.29) is 17.9 Å². The first-order valence-corrected chi connectivity index (χ1v) is 16.2. The first kappa shape index (κ1) is 26.8. The van der Waals surface area contributed by atoms with Gasteiger partial charge in [0.15, 0.2) is 0 Å². The molecule has 0 spiro atoms. The van der Waals surface area contributed by atoms with Crippen molar-refractivity contribution < 1.29 is 0 Å². The molecular formula is C41H33N5. The molecule has 0 saturated carbocycles. The summed E-state index contributed by atoms with van der Waals surface area (Å²) in [5.74, 6) is 2.00. The van der Waals surface area contributed by atoms with E-state index >= 15 is 0 Å². The lowest BCUT2D eigenvalue weighted by atomic mass is 9.85. The second-order valence-electron chi connectivity index (χ2n) is 12.3. The lowest BCUT2D eigenvalue weighted by molar-refractivity contribution is 0.654. The van der Waals surface area contributed by atoms with Crippen LogP contribution in [0, 0.1) is 0 Å². The molecule has 3 aromatic carbocycles. The monoisotopic (exact) mass is 595 g/mol. The lowest BCUT2D eigenvalue weighted by Crippen LogP contribution is -2.24. The lowest BCUT2D eigenvalue weighted by Gasteiger charge is -2.32. The molecule has 5 aromatic rings. The molecule has 0 bridgehead atoms. The summed E-state index contributed by atoms with van der Waals surface area (Å²) in [6, 6.07) is 32.8. The predicted octanol–water partition coefficient (Wildman–Crippen LogP) is 10.0. The smallest absolute Gasteiger partial charge is 0.138 e. The van der Waals surface area contributed by atoms with Crippen LogP contribution in [-0.2, 0) is 0 Å². The Morgan fingerprint density at radius 3 is 2.33 bits per heavy atom. The molecule has 222 valence electrons. The number of para-hydroxylation sites is 3. The summed E-state index contributed by atoms with van der Waals surface area (Å²) >= 11 is 0. The minimum atomic E-state index is -0.0308.